The molecule has 1 heteroatoms. The second-order valence-corrected chi connectivity index (χ2v) is 10.9. The van der Waals surface area contributed by atoms with Gasteiger partial charge in [-0.05, 0) is 65.5 Å². The molecule has 0 radical (unpaired) electrons. The monoisotopic (exact) mass is 540 g/mol. The zero-order valence-electron chi connectivity index (χ0n) is 21.2. The summed E-state index contributed by atoms with van der Waals surface area (Å²) in [7, 11) is 0. The van der Waals surface area contributed by atoms with Crippen LogP contribution < -0.4 is 0 Å². The number of aryl methyl sites for hydroxylation is 1. The molecule has 0 bridgehead atoms. The van der Waals surface area contributed by atoms with Gasteiger partial charge in [-0.1, -0.05) is 142 Å². The molecule has 0 heterocycles. The van der Waals surface area contributed by atoms with Crippen LogP contribution >= 0.6 is 22.6 Å². The minimum Gasteiger partial charge on any atom is -0.0654 e. The van der Waals surface area contributed by atoms with Gasteiger partial charge in [0, 0.05) is 3.57 Å². The van der Waals surface area contributed by atoms with Gasteiger partial charge < -0.3 is 0 Å². The van der Waals surface area contributed by atoms with E-state index in [4.69, 9.17) is 0 Å². The van der Waals surface area contributed by atoms with Crippen LogP contribution in [0.1, 0.15) is 153 Å². The first-order valence-electron chi connectivity index (χ1n) is 14.1. The quantitative estimate of drug-likeness (QED) is 0.101. The van der Waals surface area contributed by atoms with Gasteiger partial charge in [-0.2, -0.15) is 0 Å². The van der Waals surface area contributed by atoms with E-state index < -0.39 is 0 Å². The van der Waals surface area contributed by atoms with Crippen LogP contribution in [-0.2, 0) is 12.8 Å². The molecule has 0 spiro atoms. The first kappa shape index (κ1) is 29.0. The Morgan fingerprint density at radius 3 is 1.32 bits per heavy atom. The number of rotatable bonds is 22. The normalized spacial score (nSPS) is 11.3. The minimum absolute atomic E-state index is 1.29. The van der Waals surface area contributed by atoms with Gasteiger partial charge in [0.05, 0.1) is 0 Å². The predicted molar refractivity (Wildman–Crippen MR) is 150 cm³/mol. The number of benzene rings is 1. The third-order valence-corrected chi connectivity index (χ3v) is 7.81. The molecule has 0 aliphatic rings. The highest BCUT2D eigenvalue weighted by atomic mass is 127. The average Bonchev–Trinajstić information content (AvgIpc) is 2.77. The molecular formula is C30H53I. The fourth-order valence-corrected chi connectivity index (χ4v) is 5.53. The van der Waals surface area contributed by atoms with Gasteiger partial charge in [0.15, 0.2) is 0 Å². The molecule has 0 fully saturated rings. The molecule has 180 valence electrons. The van der Waals surface area contributed by atoms with E-state index in [-0.39, 0.29) is 0 Å². The summed E-state index contributed by atoms with van der Waals surface area (Å²) in [6.45, 7) is 4.60. The fourth-order valence-electron chi connectivity index (χ4n) is 4.71. The van der Waals surface area contributed by atoms with Crippen LogP contribution in [0.2, 0.25) is 0 Å². The Hall–Kier alpha value is -0.0500. The lowest BCUT2D eigenvalue weighted by Crippen LogP contribution is -1.98. The van der Waals surface area contributed by atoms with Crippen LogP contribution in [0, 0.1) is 3.57 Å². The number of hydrogen-bond donors (Lipinski definition) is 0. The van der Waals surface area contributed by atoms with Gasteiger partial charge in [-0.3, -0.25) is 0 Å². The third-order valence-electron chi connectivity index (χ3n) is 6.80. The molecule has 0 saturated heterocycles. The van der Waals surface area contributed by atoms with E-state index in [0.29, 0.717) is 0 Å². The van der Waals surface area contributed by atoms with Crippen molar-refractivity contribution in [2.75, 3.05) is 0 Å². The summed E-state index contributed by atoms with van der Waals surface area (Å²) in [6, 6.07) is 6.99. The van der Waals surface area contributed by atoms with Crippen molar-refractivity contribution in [3.63, 3.8) is 0 Å². The average molecular weight is 541 g/mol. The van der Waals surface area contributed by atoms with Crippen molar-refractivity contribution in [1.82, 2.24) is 0 Å². The fraction of sp³-hybridized carbons (Fsp3) is 0.800. The summed E-state index contributed by atoms with van der Waals surface area (Å²) in [5.74, 6) is 0. The standard InChI is InChI=1S/C30H53I/c1-3-5-7-9-11-13-15-17-19-21-24-28-25-23-27-30(31)29(28)26-22-20-18-16-14-12-10-8-6-4-2/h23,25,27H,3-22,24,26H2,1-2H3. The summed E-state index contributed by atoms with van der Waals surface area (Å²) in [4.78, 5) is 0. The molecule has 0 amide bonds. The van der Waals surface area contributed by atoms with E-state index in [1.54, 1.807) is 11.1 Å². The lowest BCUT2D eigenvalue weighted by molar-refractivity contribution is 0.553. The lowest BCUT2D eigenvalue weighted by Gasteiger charge is -2.12. The highest BCUT2D eigenvalue weighted by Gasteiger charge is 2.07. The molecular weight excluding hydrogens is 487 g/mol. The minimum atomic E-state index is 1.29. The number of hydrogen-bond acceptors (Lipinski definition) is 0. The van der Waals surface area contributed by atoms with Crippen LogP contribution in [0.25, 0.3) is 0 Å². The van der Waals surface area contributed by atoms with Crippen LogP contribution in [0.3, 0.4) is 0 Å². The van der Waals surface area contributed by atoms with Crippen LogP contribution in [0.15, 0.2) is 18.2 Å². The molecule has 1 aromatic carbocycles. The molecule has 1 rings (SSSR count). The van der Waals surface area contributed by atoms with Crippen molar-refractivity contribution >= 4 is 22.6 Å². The largest absolute Gasteiger partial charge is 0.0654 e. The topological polar surface area (TPSA) is 0 Å². The van der Waals surface area contributed by atoms with E-state index >= 15 is 0 Å². The molecule has 0 atom stereocenters. The first-order valence-corrected chi connectivity index (χ1v) is 15.1. The molecule has 1 aromatic rings. The van der Waals surface area contributed by atoms with Gasteiger partial charge in [0.25, 0.3) is 0 Å². The highest BCUT2D eigenvalue weighted by Crippen LogP contribution is 2.23. The first-order chi connectivity index (χ1) is 15.3. The zero-order valence-corrected chi connectivity index (χ0v) is 23.3. The summed E-state index contributed by atoms with van der Waals surface area (Å²) in [5, 5.41) is 0. The summed E-state index contributed by atoms with van der Waals surface area (Å²) in [5.41, 5.74) is 3.31. The van der Waals surface area contributed by atoms with Crippen molar-refractivity contribution < 1.29 is 0 Å². The zero-order chi connectivity index (χ0) is 22.4. The maximum atomic E-state index is 2.57. The second kappa shape index (κ2) is 21.8. The molecule has 31 heavy (non-hydrogen) atoms. The Kier molecular flexibility index (Phi) is 20.4. The Morgan fingerprint density at radius 2 is 0.871 bits per heavy atom. The van der Waals surface area contributed by atoms with Crippen LogP contribution in [0.4, 0.5) is 0 Å². The molecule has 0 aliphatic carbocycles. The van der Waals surface area contributed by atoms with Crippen molar-refractivity contribution in [2.24, 2.45) is 0 Å². The molecule has 0 saturated carbocycles. The summed E-state index contributed by atoms with van der Waals surface area (Å²) in [6.07, 6.45) is 31.2. The lowest BCUT2D eigenvalue weighted by atomic mass is 9.96. The SMILES string of the molecule is CCCCCCCCCCCCc1cccc(I)c1CCCCCCCCCCCC. The van der Waals surface area contributed by atoms with Gasteiger partial charge in [-0.25, -0.2) is 0 Å². The molecule has 0 nitrogen and oxygen atoms in total. The van der Waals surface area contributed by atoms with Crippen molar-refractivity contribution in [3.8, 4) is 0 Å². The van der Waals surface area contributed by atoms with Gasteiger partial charge in [-0.15, -0.1) is 0 Å². The predicted octanol–water partition coefficient (Wildman–Crippen LogP) is 11.2. The maximum absolute atomic E-state index is 2.57. The van der Waals surface area contributed by atoms with E-state index in [9.17, 15) is 0 Å². The van der Waals surface area contributed by atoms with E-state index in [0.717, 1.165) is 0 Å². The number of halogens is 1. The Balaban J connectivity index is 2.11. The Labute approximate surface area is 209 Å². The van der Waals surface area contributed by atoms with Crippen molar-refractivity contribution in [3.05, 3.63) is 32.9 Å². The van der Waals surface area contributed by atoms with Gasteiger partial charge >= 0.3 is 0 Å². The Bertz CT molecular complexity index is 507. The van der Waals surface area contributed by atoms with Gasteiger partial charge in [0.2, 0.25) is 0 Å². The van der Waals surface area contributed by atoms with Crippen LogP contribution in [-0.4, -0.2) is 0 Å². The van der Waals surface area contributed by atoms with E-state index in [1.165, 1.54) is 145 Å². The molecule has 0 aromatic heterocycles. The highest BCUT2D eigenvalue weighted by molar-refractivity contribution is 14.1. The smallest absolute Gasteiger partial charge is 0.0165 e. The molecule has 0 N–H and O–H groups in total. The second-order valence-electron chi connectivity index (χ2n) is 9.74. The number of unbranched alkanes of at least 4 members (excludes halogenated alkanes) is 18. The maximum Gasteiger partial charge on any atom is 0.0165 e. The van der Waals surface area contributed by atoms with E-state index in [2.05, 4.69) is 54.6 Å². The van der Waals surface area contributed by atoms with Crippen molar-refractivity contribution in [1.29, 1.82) is 0 Å². The molecule has 0 unspecified atom stereocenters. The summed E-state index contributed by atoms with van der Waals surface area (Å²) < 4.78 is 1.50. The molecule has 0 aliphatic heterocycles. The Morgan fingerprint density at radius 1 is 0.484 bits per heavy atom. The third kappa shape index (κ3) is 16.2. The van der Waals surface area contributed by atoms with Crippen LogP contribution in [0.5, 0.6) is 0 Å². The van der Waals surface area contributed by atoms with E-state index in [1.807, 2.05) is 0 Å². The summed E-state index contributed by atoms with van der Waals surface area (Å²) >= 11 is 2.57. The van der Waals surface area contributed by atoms with Crippen molar-refractivity contribution in [2.45, 2.75) is 155 Å². The van der Waals surface area contributed by atoms with Gasteiger partial charge in [0.1, 0.15) is 0 Å².